The molecule has 8 nitrogen and oxygen atoms in total. The predicted molar refractivity (Wildman–Crippen MR) is 113 cm³/mol. The molecular weight excluding hydrogens is 404 g/mol. The van der Waals surface area contributed by atoms with E-state index < -0.39 is 10.0 Å². The van der Waals surface area contributed by atoms with Crippen molar-refractivity contribution in [1.29, 1.82) is 0 Å². The number of para-hydroxylation sites is 1. The number of rotatable bonds is 6. The van der Waals surface area contributed by atoms with Crippen LogP contribution in [0.1, 0.15) is 0 Å². The summed E-state index contributed by atoms with van der Waals surface area (Å²) in [6.45, 7) is 1.38. The van der Waals surface area contributed by atoms with Crippen molar-refractivity contribution in [3.05, 3.63) is 60.7 Å². The molecule has 1 aromatic heterocycles. The molecule has 0 radical (unpaired) electrons. The summed E-state index contributed by atoms with van der Waals surface area (Å²) < 4.78 is 38.3. The third kappa shape index (κ3) is 4.28. The minimum absolute atomic E-state index is 0.109. The van der Waals surface area contributed by atoms with E-state index in [1.165, 1.54) is 11.4 Å². The van der Waals surface area contributed by atoms with Gasteiger partial charge in [0.05, 0.1) is 26.0 Å². The van der Waals surface area contributed by atoms with E-state index in [-0.39, 0.29) is 4.90 Å². The highest BCUT2D eigenvalue weighted by atomic mass is 32.2. The second-order valence-electron chi connectivity index (χ2n) is 6.68. The lowest BCUT2D eigenvalue weighted by molar-refractivity contribution is 0.0729. The lowest BCUT2D eigenvalue weighted by Gasteiger charge is -2.26. The second-order valence-corrected chi connectivity index (χ2v) is 8.58. The maximum Gasteiger partial charge on any atom is 0.246 e. The Morgan fingerprint density at radius 1 is 1.00 bits per heavy atom. The van der Waals surface area contributed by atoms with Crippen LogP contribution in [0.5, 0.6) is 5.75 Å². The number of methoxy groups -OCH3 is 1. The Morgan fingerprint density at radius 3 is 2.43 bits per heavy atom. The quantitative estimate of drug-likeness (QED) is 0.648. The molecule has 0 spiro atoms. The van der Waals surface area contributed by atoms with Crippen LogP contribution in [-0.4, -0.2) is 56.3 Å². The highest BCUT2D eigenvalue weighted by molar-refractivity contribution is 7.89. The van der Waals surface area contributed by atoms with Crippen LogP contribution in [0.25, 0.3) is 11.3 Å². The van der Waals surface area contributed by atoms with E-state index in [9.17, 15) is 8.42 Å². The molecule has 4 rings (SSSR count). The van der Waals surface area contributed by atoms with Crippen LogP contribution < -0.4 is 10.1 Å². The Bertz CT molecular complexity index is 1100. The molecule has 0 aliphatic carbocycles. The molecule has 9 heteroatoms. The van der Waals surface area contributed by atoms with Gasteiger partial charge in [0.2, 0.25) is 10.0 Å². The number of benzene rings is 2. The summed E-state index contributed by atoms with van der Waals surface area (Å²) in [7, 11) is -2.26. The number of aromatic nitrogens is 2. The standard InChI is InChI=1S/C21H22N4O4S/c1-28-19-9-7-16(15-20(19)30(26,27)25-11-13-29-14-12-25)18-8-10-21(24-23-18)22-17-5-3-2-4-6-17/h2-10,15H,11-14H2,1H3,(H,22,24). The van der Waals surface area contributed by atoms with Gasteiger partial charge in [0.1, 0.15) is 10.6 Å². The van der Waals surface area contributed by atoms with Crippen LogP contribution in [0.3, 0.4) is 0 Å². The van der Waals surface area contributed by atoms with E-state index in [2.05, 4.69) is 15.5 Å². The molecule has 30 heavy (non-hydrogen) atoms. The van der Waals surface area contributed by atoms with Gasteiger partial charge in [0.15, 0.2) is 5.82 Å². The molecule has 0 bridgehead atoms. The van der Waals surface area contributed by atoms with Gasteiger partial charge in [-0.1, -0.05) is 18.2 Å². The zero-order valence-corrected chi connectivity index (χ0v) is 17.3. The molecule has 2 aromatic carbocycles. The molecule has 1 aliphatic rings. The molecule has 1 saturated heterocycles. The summed E-state index contributed by atoms with van der Waals surface area (Å²) in [6, 6.07) is 18.2. The van der Waals surface area contributed by atoms with Gasteiger partial charge in [-0.2, -0.15) is 4.31 Å². The van der Waals surface area contributed by atoms with Crippen LogP contribution in [0.4, 0.5) is 11.5 Å². The first kappa shape index (κ1) is 20.3. The molecule has 0 atom stereocenters. The summed E-state index contributed by atoms with van der Waals surface area (Å²) >= 11 is 0. The summed E-state index contributed by atoms with van der Waals surface area (Å²) in [6.07, 6.45) is 0. The minimum atomic E-state index is -3.72. The average molecular weight is 426 g/mol. The highest BCUT2D eigenvalue weighted by Gasteiger charge is 2.29. The summed E-state index contributed by atoms with van der Waals surface area (Å²) in [5.41, 5.74) is 2.11. The molecule has 0 unspecified atom stereocenters. The molecule has 1 fully saturated rings. The van der Waals surface area contributed by atoms with Crippen molar-refractivity contribution in [1.82, 2.24) is 14.5 Å². The molecule has 156 valence electrons. The first-order valence-electron chi connectivity index (χ1n) is 9.50. The van der Waals surface area contributed by atoms with Crippen molar-refractivity contribution in [3.8, 4) is 17.0 Å². The molecular formula is C21H22N4O4S. The first-order valence-corrected chi connectivity index (χ1v) is 10.9. The zero-order valence-electron chi connectivity index (χ0n) is 16.5. The summed E-state index contributed by atoms with van der Waals surface area (Å²) in [5, 5.41) is 11.6. The maximum atomic E-state index is 13.2. The van der Waals surface area contributed by atoms with Gasteiger partial charge >= 0.3 is 0 Å². The molecule has 1 aliphatic heterocycles. The number of ether oxygens (including phenoxy) is 2. The number of hydrogen-bond donors (Lipinski definition) is 1. The van der Waals surface area contributed by atoms with Crippen molar-refractivity contribution in [2.75, 3.05) is 38.7 Å². The number of nitrogens with zero attached hydrogens (tertiary/aromatic N) is 3. The normalized spacial score (nSPS) is 15.0. The van der Waals surface area contributed by atoms with Crippen molar-refractivity contribution in [2.45, 2.75) is 4.90 Å². The minimum Gasteiger partial charge on any atom is -0.495 e. The number of morpholine rings is 1. The van der Waals surface area contributed by atoms with Gasteiger partial charge in [-0.25, -0.2) is 8.42 Å². The number of anilines is 2. The SMILES string of the molecule is COc1ccc(-c2ccc(Nc3ccccc3)nn2)cc1S(=O)(=O)N1CCOCC1. The zero-order chi connectivity index (χ0) is 21.0. The van der Waals surface area contributed by atoms with Crippen molar-refractivity contribution >= 4 is 21.5 Å². The van der Waals surface area contributed by atoms with Crippen LogP contribution in [0.15, 0.2) is 65.6 Å². The summed E-state index contributed by atoms with van der Waals surface area (Å²) in [5.74, 6) is 0.889. The van der Waals surface area contributed by atoms with Gasteiger partial charge in [-0.15, -0.1) is 10.2 Å². The monoisotopic (exact) mass is 426 g/mol. The highest BCUT2D eigenvalue weighted by Crippen LogP contribution is 2.31. The summed E-state index contributed by atoms with van der Waals surface area (Å²) in [4.78, 5) is 0.109. The van der Waals surface area contributed by atoms with Gasteiger partial charge in [0.25, 0.3) is 0 Å². The second kappa shape index (κ2) is 8.78. The fraction of sp³-hybridized carbons (Fsp3) is 0.238. The van der Waals surface area contributed by atoms with Crippen molar-refractivity contribution in [2.24, 2.45) is 0 Å². The third-order valence-electron chi connectivity index (χ3n) is 4.76. The van der Waals surface area contributed by atoms with Crippen LogP contribution >= 0.6 is 0 Å². The Labute approximate surface area is 175 Å². The van der Waals surface area contributed by atoms with E-state index in [1.54, 1.807) is 30.3 Å². The van der Waals surface area contributed by atoms with Crippen molar-refractivity contribution < 1.29 is 17.9 Å². The lowest BCUT2D eigenvalue weighted by Crippen LogP contribution is -2.40. The van der Waals surface area contributed by atoms with Gasteiger partial charge < -0.3 is 14.8 Å². The Kier molecular flexibility index (Phi) is 5.93. The van der Waals surface area contributed by atoms with Gasteiger partial charge in [-0.05, 0) is 42.5 Å². The third-order valence-corrected chi connectivity index (χ3v) is 6.68. The lowest BCUT2D eigenvalue weighted by atomic mass is 10.1. The molecule has 1 N–H and O–H groups in total. The van der Waals surface area contributed by atoms with Crippen LogP contribution in [0.2, 0.25) is 0 Å². The van der Waals surface area contributed by atoms with E-state index in [0.29, 0.717) is 49.1 Å². The van der Waals surface area contributed by atoms with E-state index in [4.69, 9.17) is 9.47 Å². The van der Waals surface area contributed by atoms with E-state index >= 15 is 0 Å². The number of hydrogen-bond acceptors (Lipinski definition) is 7. The van der Waals surface area contributed by atoms with E-state index in [1.807, 2.05) is 30.3 Å². The molecule has 0 saturated carbocycles. The Morgan fingerprint density at radius 2 is 1.77 bits per heavy atom. The fourth-order valence-electron chi connectivity index (χ4n) is 3.19. The largest absolute Gasteiger partial charge is 0.495 e. The smallest absolute Gasteiger partial charge is 0.246 e. The first-order chi connectivity index (χ1) is 14.6. The molecule has 2 heterocycles. The van der Waals surface area contributed by atoms with Crippen molar-refractivity contribution in [3.63, 3.8) is 0 Å². The maximum absolute atomic E-state index is 13.2. The number of nitrogens with one attached hydrogen (secondary N) is 1. The number of sulfonamides is 1. The fourth-order valence-corrected chi connectivity index (χ4v) is 4.78. The van der Waals surface area contributed by atoms with Crippen LogP contribution in [-0.2, 0) is 14.8 Å². The molecule has 3 aromatic rings. The Balaban J connectivity index is 1.62. The average Bonchev–Trinajstić information content (AvgIpc) is 2.80. The van der Waals surface area contributed by atoms with Crippen LogP contribution in [0, 0.1) is 0 Å². The van der Waals surface area contributed by atoms with Gasteiger partial charge in [-0.3, -0.25) is 0 Å². The topological polar surface area (TPSA) is 93.7 Å². The van der Waals surface area contributed by atoms with E-state index in [0.717, 1.165) is 5.69 Å². The van der Waals surface area contributed by atoms with Gasteiger partial charge in [0, 0.05) is 24.3 Å². The Hall–Kier alpha value is -3.01. The molecule has 0 amide bonds. The predicted octanol–water partition coefficient (Wildman–Crippen LogP) is 2.92.